The van der Waals surface area contributed by atoms with E-state index >= 15 is 0 Å². The van der Waals surface area contributed by atoms with Crippen molar-refractivity contribution in [2.75, 3.05) is 5.32 Å². The molecule has 9 heteroatoms. The fourth-order valence-electron chi connectivity index (χ4n) is 2.16. The van der Waals surface area contributed by atoms with E-state index in [1.807, 2.05) is 6.07 Å². The van der Waals surface area contributed by atoms with Crippen molar-refractivity contribution >= 4 is 41.1 Å². The Kier molecular flexibility index (Phi) is 5.50. The Morgan fingerprint density at radius 2 is 1.96 bits per heavy atom. The van der Waals surface area contributed by atoms with Crippen molar-refractivity contribution in [3.63, 3.8) is 0 Å². The van der Waals surface area contributed by atoms with E-state index < -0.39 is 6.03 Å². The third kappa shape index (κ3) is 4.01. The Morgan fingerprint density at radius 3 is 2.65 bits per heavy atom. The van der Waals surface area contributed by atoms with Crippen molar-refractivity contribution in [2.24, 2.45) is 5.10 Å². The molecule has 3 aromatic rings. The number of anilines is 1. The van der Waals surface area contributed by atoms with Gasteiger partial charge in [-0.15, -0.1) is 0 Å². The average molecular weight is 390 g/mol. The maximum absolute atomic E-state index is 12.1. The summed E-state index contributed by atoms with van der Waals surface area (Å²) in [6.45, 7) is 1.66. The number of rotatable bonds is 4. The number of carbonyl (C=O) groups excluding carboxylic acids is 1. The van der Waals surface area contributed by atoms with Crippen LogP contribution in [0, 0.1) is 6.92 Å². The topological polar surface area (TPSA) is 92.4 Å². The van der Waals surface area contributed by atoms with Gasteiger partial charge in [0.05, 0.1) is 22.0 Å². The van der Waals surface area contributed by atoms with Crippen LogP contribution in [0.5, 0.6) is 0 Å². The van der Waals surface area contributed by atoms with Crippen LogP contribution in [0.15, 0.2) is 52.2 Å². The van der Waals surface area contributed by atoms with Crippen molar-refractivity contribution in [2.45, 2.75) is 6.92 Å². The summed E-state index contributed by atoms with van der Waals surface area (Å²) in [7, 11) is 0. The van der Waals surface area contributed by atoms with E-state index in [-0.39, 0.29) is 0 Å². The van der Waals surface area contributed by atoms with Crippen LogP contribution in [-0.4, -0.2) is 22.4 Å². The summed E-state index contributed by atoms with van der Waals surface area (Å²) in [5.74, 6) is 0.403. The van der Waals surface area contributed by atoms with E-state index in [2.05, 4.69) is 26.0 Å². The minimum absolute atomic E-state index is 0.335. The number of aryl methyl sites for hydroxylation is 1. The van der Waals surface area contributed by atoms with Crippen LogP contribution in [0.4, 0.5) is 10.5 Å². The molecule has 0 aliphatic rings. The van der Waals surface area contributed by atoms with Gasteiger partial charge >= 0.3 is 6.03 Å². The summed E-state index contributed by atoms with van der Waals surface area (Å²) in [6.07, 6.45) is 3.05. The Bertz CT molecular complexity index is 937. The lowest BCUT2D eigenvalue weighted by Crippen LogP contribution is -2.24. The minimum atomic E-state index is -0.576. The molecule has 2 heterocycles. The first-order valence-corrected chi connectivity index (χ1v) is 8.23. The lowest BCUT2D eigenvalue weighted by atomic mass is 10.1. The van der Waals surface area contributed by atoms with Crippen molar-refractivity contribution in [1.29, 1.82) is 0 Å². The van der Waals surface area contributed by atoms with E-state index in [0.717, 1.165) is 0 Å². The van der Waals surface area contributed by atoms with Gasteiger partial charge in [0.2, 0.25) is 0 Å². The number of carbonyl (C=O) groups is 1. The van der Waals surface area contributed by atoms with Gasteiger partial charge < -0.3 is 9.84 Å². The number of halogens is 2. The molecule has 2 aromatic heterocycles. The molecule has 0 aliphatic heterocycles. The van der Waals surface area contributed by atoms with Crippen molar-refractivity contribution in [3.8, 4) is 11.3 Å². The van der Waals surface area contributed by atoms with Gasteiger partial charge in [-0.25, -0.2) is 10.2 Å². The Labute approximate surface area is 159 Å². The Balaban J connectivity index is 1.77. The lowest BCUT2D eigenvalue weighted by molar-refractivity contribution is 0.252. The van der Waals surface area contributed by atoms with Crippen LogP contribution in [0.25, 0.3) is 11.3 Å². The van der Waals surface area contributed by atoms with Crippen LogP contribution >= 0.6 is 23.2 Å². The number of benzene rings is 1. The molecule has 0 fully saturated rings. The zero-order chi connectivity index (χ0) is 18.5. The van der Waals surface area contributed by atoms with E-state index in [1.54, 1.807) is 43.5 Å². The number of hydrogen-bond donors (Lipinski definition) is 2. The van der Waals surface area contributed by atoms with Crippen LogP contribution in [0.2, 0.25) is 10.0 Å². The highest BCUT2D eigenvalue weighted by molar-refractivity contribution is 6.39. The molecule has 2 N–H and O–H groups in total. The van der Waals surface area contributed by atoms with Gasteiger partial charge in [-0.2, -0.15) is 5.10 Å². The number of nitrogens with one attached hydrogen (secondary N) is 2. The van der Waals surface area contributed by atoms with Crippen LogP contribution < -0.4 is 10.7 Å². The number of hydrazone groups is 1. The first-order chi connectivity index (χ1) is 12.6. The highest BCUT2D eigenvalue weighted by atomic mass is 35.5. The number of urea groups is 1. The maximum Gasteiger partial charge on any atom is 0.339 e. The molecule has 7 nitrogen and oxygen atoms in total. The summed E-state index contributed by atoms with van der Waals surface area (Å²) in [6, 6.07) is 9.84. The molecule has 0 radical (unpaired) electrons. The Hall–Kier alpha value is -2.90. The second-order valence-electron chi connectivity index (χ2n) is 5.14. The van der Waals surface area contributed by atoms with Gasteiger partial charge in [-0.05, 0) is 31.2 Å². The van der Waals surface area contributed by atoms with Crippen molar-refractivity contribution < 1.29 is 9.32 Å². The fraction of sp³-hybridized carbons (Fsp3) is 0.0588. The number of nitrogens with zero attached hydrogens (tertiary/aromatic N) is 3. The third-order valence-corrected chi connectivity index (χ3v) is 3.98. The molecular formula is C17H13Cl2N5O2. The molecule has 132 valence electrons. The molecule has 3 rings (SSSR count). The average Bonchev–Trinajstić information content (AvgIpc) is 2.96. The fourth-order valence-corrected chi connectivity index (χ4v) is 2.74. The summed E-state index contributed by atoms with van der Waals surface area (Å²) in [5, 5.41) is 11.2. The predicted molar refractivity (Wildman–Crippen MR) is 101 cm³/mol. The molecule has 0 saturated heterocycles. The van der Waals surface area contributed by atoms with Gasteiger partial charge in [0.25, 0.3) is 0 Å². The molecule has 0 atom stereocenters. The van der Waals surface area contributed by atoms with E-state index in [9.17, 15) is 4.79 Å². The zero-order valence-electron chi connectivity index (χ0n) is 13.5. The number of amides is 2. The second kappa shape index (κ2) is 7.99. The summed E-state index contributed by atoms with van der Waals surface area (Å²) in [4.78, 5) is 16.2. The van der Waals surface area contributed by atoms with Gasteiger partial charge in [0.1, 0.15) is 11.4 Å². The third-order valence-electron chi connectivity index (χ3n) is 3.35. The van der Waals surface area contributed by atoms with Gasteiger partial charge in [0, 0.05) is 11.8 Å². The molecule has 1 aromatic carbocycles. The monoisotopic (exact) mass is 389 g/mol. The summed E-state index contributed by atoms with van der Waals surface area (Å²) >= 11 is 12.4. The molecule has 0 saturated carbocycles. The maximum atomic E-state index is 12.1. The SMILES string of the molecule is Cc1onc(-c2c(Cl)cccc2Cl)c1NC(=O)N/N=C\c1ccccn1. The van der Waals surface area contributed by atoms with Crippen molar-refractivity contribution in [1.82, 2.24) is 15.6 Å². The van der Waals surface area contributed by atoms with Crippen LogP contribution in [-0.2, 0) is 0 Å². The molecular weight excluding hydrogens is 377 g/mol. The number of pyridine rings is 1. The minimum Gasteiger partial charge on any atom is -0.359 e. The summed E-state index contributed by atoms with van der Waals surface area (Å²) < 4.78 is 5.18. The van der Waals surface area contributed by atoms with Gasteiger partial charge in [-0.1, -0.05) is 40.5 Å². The first kappa shape index (κ1) is 17.9. The summed E-state index contributed by atoms with van der Waals surface area (Å²) in [5.41, 5.74) is 4.12. The zero-order valence-corrected chi connectivity index (χ0v) is 15.0. The van der Waals surface area contributed by atoms with Crippen LogP contribution in [0.1, 0.15) is 11.5 Å². The lowest BCUT2D eigenvalue weighted by Gasteiger charge is -2.07. The Morgan fingerprint density at radius 1 is 1.19 bits per heavy atom. The largest absolute Gasteiger partial charge is 0.359 e. The molecule has 2 amide bonds. The number of hydrogen-bond acceptors (Lipinski definition) is 5. The first-order valence-electron chi connectivity index (χ1n) is 7.48. The molecule has 26 heavy (non-hydrogen) atoms. The van der Waals surface area contributed by atoms with E-state index in [1.165, 1.54) is 6.21 Å². The smallest absolute Gasteiger partial charge is 0.339 e. The number of aromatic nitrogens is 2. The standard InChI is InChI=1S/C17H13Cl2N5O2/c1-10-15(16(24-26-10)14-12(18)6-4-7-13(14)19)22-17(25)23-21-9-11-5-2-3-8-20-11/h2-9H,1H3,(H2,22,23,25)/b21-9-. The second-order valence-corrected chi connectivity index (χ2v) is 5.95. The predicted octanol–water partition coefficient (Wildman–Crippen LogP) is 4.51. The van der Waals surface area contributed by atoms with Crippen LogP contribution in [0.3, 0.4) is 0 Å². The van der Waals surface area contributed by atoms with Gasteiger partial charge in [0.15, 0.2) is 5.76 Å². The molecule has 0 aliphatic carbocycles. The highest BCUT2D eigenvalue weighted by Crippen LogP contribution is 2.39. The highest BCUT2D eigenvalue weighted by Gasteiger charge is 2.21. The normalized spacial score (nSPS) is 10.9. The molecule has 0 bridgehead atoms. The molecule has 0 unspecified atom stereocenters. The van der Waals surface area contributed by atoms with Crippen molar-refractivity contribution in [3.05, 3.63) is 64.1 Å². The quantitative estimate of drug-likeness (QED) is 0.507. The molecule has 0 spiro atoms. The van der Waals surface area contributed by atoms with E-state index in [4.69, 9.17) is 27.7 Å². The van der Waals surface area contributed by atoms with E-state index in [0.29, 0.717) is 38.4 Å². The van der Waals surface area contributed by atoms with Gasteiger partial charge in [-0.3, -0.25) is 4.98 Å².